The highest BCUT2D eigenvalue weighted by atomic mass is 16.5. The van der Waals surface area contributed by atoms with Gasteiger partial charge in [-0.1, -0.05) is 19.8 Å². The number of hydrogen-bond acceptors (Lipinski definition) is 3. The highest BCUT2D eigenvalue weighted by Crippen LogP contribution is 1.93. The molecule has 74 valence electrons. The maximum Gasteiger partial charge on any atom is 0.102 e. The van der Waals surface area contributed by atoms with Gasteiger partial charge in [0.1, 0.15) is 6.23 Å². The van der Waals surface area contributed by atoms with E-state index >= 15 is 0 Å². The molecule has 12 heavy (non-hydrogen) atoms. The van der Waals surface area contributed by atoms with Crippen molar-refractivity contribution >= 4 is 0 Å². The van der Waals surface area contributed by atoms with Crippen LogP contribution in [0.25, 0.3) is 0 Å². The molecule has 1 unspecified atom stereocenters. The molecule has 0 aromatic rings. The van der Waals surface area contributed by atoms with E-state index in [0.717, 1.165) is 13.0 Å². The lowest BCUT2D eigenvalue weighted by Crippen LogP contribution is -2.21. The zero-order valence-corrected chi connectivity index (χ0v) is 8.21. The van der Waals surface area contributed by atoms with Gasteiger partial charge < -0.3 is 15.2 Å². The van der Waals surface area contributed by atoms with E-state index < -0.39 is 0 Å². The topological polar surface area (TPSA) is 44.5 Å². The average Bonchev–Trinajstić information content (AvgIpc) is 2.02. The number of rotatable bonds is 8. The summed E-state index contributed by atoms with van der Waals surface area (Å²) in [4.78, 5) is 0. The van der Waals surface area contributed by atoms with Gasteiger partial charge in [-0.15, -0.1) is 0 Å². The predicted octanol–water partition coefficient (Wildman–Crippen LogP) is 1.51. The maximum absolute atomic E-state index is 5.38. The lowest BCUT2D eigenvalue weighted by atomic mass is 10.3. The van der Waals surface area contributed by atoms with Crippen LogP contribution in [0.3, 0.4) is 0 Å². The van der Waals surface area contributed by atoms with Gasteiger partial charge >= 0.3 is 0 Å². The van der Waals surface area contributed by atoms with Crippen LogP contribution in [0.1, 0.15) is 33.1 Å². The van der Waals surface area contributed by atoms with Crippen molar-refractivity contribution in [2.75, 3.05) is 19.8 Å². The molecule has 0 rings (SSSR count). The summed E-state index contributed by atoms with van der Waals surface area (Å²) in [7, 11) is 0. The van der Waals surface area contributed by atoms with E-state index in [2.05, 4.69) is 6.92 Å². The van der Waals surface area contributed by atoms with E-state index in [4.69, 9.17) is 15.2 Å². The fraction of sp³-hybridized carbons (Fsp3) is 1.00. The average molecular weight is 175 g/mol. The first-order chi connectivity index (χ1) is 5.77. The fourth-order valence-electron chi connectivity index (χ4n) is 0.849. The van der Waals surface area contributed by atoms with Crippen molar-refractivity contribution in [1.29, 1.82) is 0 Å². The lowest BCUT2D eigenvalue weighted by molar-refractivity contribution is 0.0142. The molecule has 0 radical (unpaired) electrons. The van der Waals surface area contributed by atoms with Crippen LogP contribution in [0.15, 0.2) is 0 Å². The summed E-state index contributed by atoms with van der Waals surface area (Å²) in [5.41, 5.74) is 5.38. The summed E-state index contributed by atoms with van der Waals surface area (Å²) in [6.07, 6.45) is 3.45. The summed E-state index contributed by atoms with van der Waals surface area (Å²) >= 11 is 0. The van der Waals surface area contributed by atoms with Gasteiger partial charge in [-0.25, -0.2) is 0 Å². The summed E-state index contributed by atoms with van der Waals surface area (Å²) in [6, 6.07) is 0. The molecule has 3 nitrogen and oxygen atoms in total. The van der Waals surface area contributed by atoms with Crippen molar-refractivity contribution in [3.8, 4) is 0 Å². The Kier molecular flexibility index (Phi) is 8.88. The highest BCUT2D eigenvalue weighted by molar-refractivity contribution is 4.38. The molecule has 2 N–H and O–H groups in total. The van der Waals surface area contributed by atoms with Crippen molar-refractivity contribution in [2.24, 2.45) is 5.73 Å². The van der Waals surface area contributed by atoms with Gasteiger partial charge in [0, 0.05) is 6.61 Å². The van der Waals surface area contributed by atoms with E-state index in [-0.39, 0.29) is 6.23 Å². The molecule has 0 aliphatic rings. The minimum atomic E-state index is -0.177. The fourth-order valence-corrected chi connectivity index (χ4v) is 0.849. The number of nitrogens with two attached hydrogens (primary N) is 1. The molecule has 0 saturated heterocycles. The molecule has 0 spiro atoms. The molecular weight excluding hydrogens is 154 g/mol. The van der Waals surface area contributed by atoms with Gasteiger partial charge in [0.15, 0.2) is 0 Å². The highest BCUT2D eigenvalue weighted by Gasteiger charge is 1.92. The Balaban J connectivity index is 2.82. The minimum absolute atomic E-state index is 0.177. The molecule has 0 saturated carbocycles. The molecule has 0 aromatic heterocycles. The largest absolute Gasteiger partial charge is 0.379 e. The third kappa shape index (κ3) is 9.88. The molecule has 3 heteroatoms. The first-order valence-electron chi connectivity index (χ1n) is 4.72. The first kappa shape index (κ1) is 11.9. The summed E-state index contributed by atoms with van der Waals surface area (Å²) in [6.45, 7) is 6.10. The molecule has 1 atom stereocenters. The zero-order valence-electron chi connectivity index (χ0n) is 8.21. The van der Waals surface area contributed by atoms with Crippen LogP contribution in [0.5, 0.6) is 0 Å². The van der Waals surface area contributed by atoms with Crippen LogP contribution in [0.4, 0.5) is 0 Å². The van der Waals surface area contributed by atoms with E-state index in [9.17, 15) is 0 Å². The van der Waals surface area contributed by atoms with Crippen molar-refractivity contribution in [2.45, 2.75) is 39.3 Å². The second kappa shape index (κ2) is 8.97. The Morgan fingerprint density at radius 3 is 2.50 bits per heavy atom. The third-order valence-electron chi connectivity index (χ3n) is 1.50. The number of hydrogen-bond donors (Lipinski definition) is 1. The van der Waals surface area contributed by atoms with Crippen LogP contribution >= 0.6 is 0 Å². The van der Waals surface area contributed by atoms with Crippen LogP contribution in [0, 0.1) is 0 Å². The van der Waals surface area contributed by atoms with Crippen molar-refractivity contribution < 1.29 is 9.47 Å². The van der Waals surface area contributed by atoms with Gasteiger partial charge in [0.05, 0.1) is 13.2 Å². The quantitative estimate of drug-likeness (QED) is 0.449. The van der Waals surface area contributed by atoms with Crippen molar-refractivity contribution in [3.05, 3.63) is 0 Å². The van der Waals surface area contributed by atoms with E-state index in [1.165, 1.54) is 12.8 Å². The predicted molar refractivity (Wildman–Crippen MR) is 49.9 cm³/mol. The van der Waals surface area contributed by atoms with Gasteiger partial charge in [0.2, 0.25) is 0 Å². The lowest BCUT2D eigenvalue weighted by Gasteiger charge is -2.07. The minimum Gasteiger partial charge on any atom is -0.379 e. The third-order valence-corrected chi connectivity index (χ3v) is 1.50. The Hall–Kier alpha value is -0.120. The maximum atomic E-state index is 5.38. The zero-order chi connectivity index (χ0) is 9.23. The first-order valence-corrected chi connectivity index (χ1v) is 4.72. The molecular formula is C9H21NO2. The van der Waals surface area contributed by atoms with Gasteiger partial charge in [0.25, 0.3) is 0 Å². The Morgan fingerprint density at radius 2 is 1.92 bits per heavy atom. The Labute approximate surface area is 75.2 Å². The SMILES string of the molecule is CCCCCOCCOC(C)N. The molecule has 0 fully saturated rings. The molecule has 0 heterocycles. The summed E-state index contributed by atoms with van der Waals surface area (Å²) < 4.78 is 10.4. The molecule has 0 amide bonds. The number of ether oxygens (including phenoxy) is 2. The Morgan fingerprint density at radius 1 is 1.17 bits per heavy atom. The van der Waals surface area contributed by atoms with E-state index in [1.807, 2.05) is 6.92 Å². The monoisotopic (exact) mass is 175 g/mol. The van der Waals surface area contributed by atoms with Crippen LogP contribution in [-0.4, -0.2) is 26.0 Å². The smallest absolute Gasteiger partial charge is 0.102 e. The molecule has 0 aliphatic heterocycles. The number of unbranched alkanes of at least 4 members (excludes halogenated alkanes) is 2. The van der Waals surface area contributed by atoms with E-state index in [1.54, 1.807) is 0 Å². The van der Waals surface area contributed by atoms with Gasteiger partial charge in [-0.2, -0.15) is 0 Å². The van der Waals surface area contributed by atoms with Crippen LogP contribution in [0.2, 0.25) is 0 Å². The van der Waals surface area contributed by atoms with Gasteiger partial charge in [-0.3, -0.25) is 0 Å². The van der Waals surface area contributed by atoms with Crippen LogP contribution in [-0.2, 0) is 9.47 Å². The second-order valence-electron chi connectivity index (χ2n) is 2.90. The molecule has 0 aromatic carbocycles. The van der Waals surface area contributed by atoms with Crippen LogP contribution < -0.4 is 5.73 Å². The van der Waals surface area contributed by atoms with Crippen molar-refractivity contribution in [1.82, 2.24) is 0 Å². The Bertz CT molecular complexity index is 86.6. The summed E-state index contributed by atoms with van der Waals surface area (Å²) in [5.74, 6) is 0. The van der Waals surface area contributed by atoms with Crippen molar-refractivity contribution in [3.63, 3.8) is 0 Å². The second-order valence-corrected chi connectivity index (χ2v) is 2.90. The molecule has 0 aliphatic carbocycles. The summed E-state index contributed by atoms with van der Waals surface area (Å²) in [5, 5.41) is 0. The molecule has 0 bridgehead atoms. The van der Waals surface area contributed by atoms with E-state index in [0.29, 0.717) is 13.2 Å². The van der Waals surface area contributed by atoms with Gasteiger partial charge in [-0.05, 0) is 13.3 Å². The standard InChI is InChI=1S/C9H21NO2/c1-3-4-5-6-11-7-8-12-9(2)10/h9H,3-8,10H2,1-2H3. The normalized spacial score (nSPS) is 13.2.